The molecule has 0 saturated heterocycles. The number of nitrogens with one attached hydrogen (secondary N) is 1. The van der Waals surface area contributed by atoms with E-state index in [1.165, 1.54) is 6.20 Å². The molecule has 0 aliphatic rings. The molecule has 8 heteroatoms. The van der Waals surface area contributed by atoms with E-state index in [1.54, 1.807) is 18.2 Å². The Hall–Kier alpha value is -2.09. The van der Waals surface area contributed by atoms with Crippen LogP contribution in [0.2, 0.25) is 0 Å². The Morgan fingerprint density at radius 2 is 2.00 bits per heavy atom. The first kappa shape index (κ1) is 13.9. The Balaban J connectivity index is 2.30. The number of nitrogens with zero attached hydrogens (tertiary/aromatic N) is 2. The molecule has 0 bridgehead atoms. The third-order valence-corrected chi connectivity index (χ3v) is 3.50. The van der Waals surface area contributed by atoms with E-state index in [1.807, 2.05) is 0 Å². The first-order chi connectivity index (χ1) is 9.86. The number of benzene rings is 1. The van der Waals surface area contributed by atoms with Gasteiger partial charge >= 0.3 is 6.18 Å². The van der Waals surface area contributed by atoms with Crippen LogP contribution in [-0.2, 0) is 6.18 Å². The molecule has 0 saturated carbocycles. The van der Waals surface area contributed by atoms with Crippen LogP contribution in [0.3, 0.4) is 0 Å². The normalized spacial score (nSPS) is 12.0. The number of nitrogen functional groups attached to an aromatic ring is 1. The van der Waals surface area contributed by atoms with Crippen LogP contribution >= 0.6 is 15.9 Å². The van der Waals surface area contributed by atoms with Gasteiger partial charge in [-0.2, -0.15) is 13.2 Å². The van der Waals surface area contributed by atoms with E-state index in [4.69, 9.17) is 5.73 Å². The Morgan fingerprint density at radius 3 is 2.71 bits per heavy atom. The second kappa shape index (κ2) is 4.73. The Labute approximate surface area is 125 Å². The molecule has 21 heavy (non-hydrogen) atoms. The lowest BCUT2D eigenvalue weighted by molar-refractivity contribution is -0.137. The molecule has 0 unspecified atom stereocenters. The summed E-state index contributed by atoms with van der Waals surface area (Å²) < 4.78 is 40.1. The van der Waals surface area contributed by atoms with Gasteiger partial charge in [-0.25, -0.2) is 9.97 Å². The van der Waals surface area contributed by atoms with Crippen molar-refractivity contribution in [2.75, 3.05) is 5.73 Å². The van der Waals surface area contributed by atoms with Gasteiger partial charge in [0, 0.05) is 33.3 Å². The zero-order valence-corrected chi connectivity index (χ0v) is 12.0. The van der Waals surface area contributed by atoms with Gasteiger partial charge in [-0.15, -0.1) is 0 Å². The molecule has 0 radical (unpaired) electrons. The highest BCUT2D eigenvalue weighted by molar-refractivity contribution is 9.10. The fourth-order valence-electron chi connectivity index (χ4n) is 2.10. The predicted octanol–water partition coefficient (Wildman–Crippen LogP) is 3.99. The van der Waals surface area contributed by atoms with Gasteiger partial charge in [-0.05, 0) is 12.1 Å². The zero-order chi connectivity index (χ0) is 15.2. The highest BCUT2D eigenvalue weighted by Gasteiger charge is 2.35. The van der Waals surface area contributed by atoms with Crippen LogP contribution in [0.5, 0.6) is 0 Å². The van der Waals surface area contributed by atoms with Crippen molar-refractivity contribution in [1.82, 2.24) is 15.0 Å². The molecule has 108 valence electrons. The maximum absolute atomic E-state index is 13.1. The van der Waals surface area contributed by atoms with E-state index >= 15 is 0 Å². The van der Waals surface area contributed by atoms with Gasteiger partial charge < -0.3 is 10.7 Å². The van der Waals surface area contributed by atoms with E-state index in [9.17, 15) is 13.2 Å². The second-order valence-electron chi connectivity index (χ2n) is 4.38. The second-order valence-corrected chi connectivity index (χ2v) is 5.30. The van der Waals surface area contributed by atoms with Crippen molar-refractivity contribution in [3.63, 3.8) is 0 Å². The molecule has 0 spiro atoms. The first-order valence-corrected chi connectivity index (χ1v) is 6.62. The van der Waals surface area contributed by atoms with E-state index in [0.717, 1.165) is 4.47 Å². The molecule has 2 aromatic heterocycles. The standard InChI is InChI=1S/C13H8BrF3N4/c14-6-1-2-7-8(4-19-10(7)3-6)11-9(13(15,16)17)5-20-12(18)21-11/h1-5,19H,(H2,18,20,21). The third-order valence-electron chi connectivity index (χ3n) is 3.01. The highest BCUT2D eigenvalue weighted by atomic mass is 79.9. The van der Waals surface area contributed by atoms with E-state index < -0.39 is 11.7 Å². The summed E-state index contributed by atoms with van der Waals surface area (Å²) in [5.74, 6) is -0.204. The fourth-order valence-corrected chi connectivity index (χ4v) is 2.46. The maximum Gasteiger partial charge on any atom is 0.419 e. The van der Waals surface area contributed by atoms with Crippen LogP contribution in [0.15, 0.2) is 35.1 Å². The van der Waals surface area contributed by atoms with Crippen LogP contribution in [0.4, 0.5) is 19.1 Å². The molecule has 3 rings (SSSR count). The van der Waals surface area contributed by atoms with Gasteiger partial charge in [0.1, 0.15) is 5.56 Å². The predicted molar refractivity (Wildman–Crippen MR) is 76.4 cm³/mol. The van der Waals surface area contributed by atoms with Gasteiger partial charge in [0.2, 0.25) is 5.95 Å². The quantitative estimate of drug-likeness (QED) is 0.692. The summed E-state index contributed by atoms with van der Waals surface area (Å²) in [7, 11) is 0. The molecule has 0 atom stereocenters. The summed E-state index contributed by atoms with van der Waals surface area (Å²) in [6.45, 7) is 0. The fraction of sp³-hybridized carbons (Fsp3) is 0.0769. The van der Waals surface area contributed by atoms with Crippen molar-refractivity contribution in [3.8, 4) is 11.3 Å². The molecule has 0 amide bonds. The molecule has 0 fully saturated rings. The van der Waals surface area contributed by atoms with Crippen molar-refractivity contribution in [3.05, 3.63) is 40.6 Å². The number of halogens is 4. The number of anilines is 1. The molecular weight excluding hydrogens is 349 g/mol. The third kappa shape index (κ3) is 2.46. The Bertz CT molecular complexity index is 826. The van der Waals surface area contributed by atoms with Crippen molar-refractivity contribution in [2.45, 2.75) is 6.18 Å². The van der Waals surface area contributed by atoms with Crippen LogP contribution in [0.25, 0.3) is 22.2 Å². The van der Waals surface area contributed by atoms with E-state index in [0.29, 0.717) is 22.7 Å². The monoisotopic (exact) mass is 356 g/mol. The molecule has 2 heterocycles. The number of hydrogen-bond acceptors (Lipinski definition) is 3. The van der Waals surface area contributed by atoms with Gasteiger partial charge in [-0.1, -0.05) is 22.0 Å². The number of alkyl halides is 3. The number of H-pyrrole nitrogens is 1. The largest absolute Gasteiger partial charge is 0.419 e. The number of aromatic amines is 1. The molecule has 1 aromatic carbocycles. The molecule has 4 nitrogen and oxygen atoms in total. The number of nitrogens with two attached hydrogens (primary N) is 1. The van der Waals surface area contributed by atoms with Gasteiger partial charge in [0.15, 0.2) is 0 Å². The summed E-state index contributed by atoms with van der Waals surface area (Å²) in [4.78, 5) is 10.1. The van der Waals surface area contributed by atoms with Crippen molar-refractivity contribution < 1.29 is 13.2 Å². The SMILES string of the molecule is Nc1ncc(C(F)(F)F)c(-c2c[nH]c3cc(Br)ccc23)n1. The molecule has 3 aromatic rings. The number of fused-ring (bicyclic) bond motifs is 1. The van der Waals surface area contributed by atoms with Crippen LogP contribution < -0.4 is 5.73 Å². The van der Waals surface area contributed by atoms with E-state index in [2.05, 4.69) is 30.9 Å². The topological polar surface area (TPSA) is 67.6 Å². The average Bonchev–Trinajstić information content (AvgIpc) is 2.79. The minimum absolute atomic E-state index is 0.204. The van der Waals surface area contributed by atoms with Crippen molar-refractivity contribution >= 4 is 32.8 Å². The summed E-state index contributed by atoms with van der Waals surface area (Å²) in [6.07, 6.45) is -2.37. The smallest absolute Gasteiger partial charge is 0.368 e. The van der Waals surface area contributed by atoms with Gasteiger partial charge in [-0.3, -0.25) is 0 Å². The summed E-state index contributed by atoms with van der Waals surface area (Å²) >= 11 is 3.31. The minimum atomic E-state index is -4.55. The molecular formula is C13H8BrF3N4. The number of rotatable bonds is 1. The molecule has 3 N–H and O–H groups in total. The lowest BCUT2D eigenvalue weighted by Crippen LogP contribution is -2.10. The lowest BCUT2D eigenvalue weighted by Gasteiger charge is -2.11. The number of hydrogen-bond donors (Lipinski definition) is 2. The Kier molecular flexibility index (Phi) is 3.12. The maximum atomic E-state index is 13.1. The van der Waals surface area contributed by atoms with Gasteiger partial charge in [0.05, 0.1) is 5.69 Å². The van der Waals surface area contributed by atoms with Crippen LogP contribution in [0.1, 0.15) is 5.56 Å². The molecule has 0 aliphatic carbocycles. The summed E-state index contributed by atoms with van der Waals surface area (Å²) in [5, 5.41) is 0.627. The van der Waals surface area contributed by atoms with Crippen LogP contribution in [-0.4, -0.2) is 15.0 Å². The van der Waals surface area contributed by atoms with Gasteiger partial charge in [0.25, 0.3) is 0 Å². The zero-order valence-electron chi connectivity index (χ0n) is 10.4. The number of aromatic nitrogens is 3. The molecule has 0 aliphatic heterocycles. The summed E-state index contributed by atoms with van der Waals surface area (Å²) in [5.41, 5.74) is 5.32. The van der Waals surface area contributed by atoms with E-state index in [-0.39, 0.29) is 11.6 Å². The lowest BCUT2D eigenvalue weighted by atomic mass is 10.1. The highest BCUT2D eigenvalue weighted by Crippen LogP contribution is 2.38. The summed E-state index contributed by atoms with van der Waals surface area (Å²) in [6, 6.07) is 5.23. The minimum Gasteiger partial charge on any atom is -0.368 e. The van der Waals surface area contributed by atoms with Crippen molar-refractivity contribution in [2.24, 2.45) is 0 Å². The average molecular weight is 357 g/mol. The van der Waals surface area contributed by atoms with Crippen LogP contribution in [0, 0.1) is 0 Å². The first-order valence-electron chi connectivity index (χ1n) is 5.83. The van der Waals surface area contributed by atoms with Crippen molar-refractivity contribution in [1.29, 1.82) is 0 Å². The Morgan fingerprint density at radius 1 is 1.24 bits per heavy atom.